The molecule has 1 nitrogen and oxygen atoms in total. The number of aliphatic hydroxyl groups is 1. The van der Waals surface area contributed by atoms with Gasteiger partial charge in [0.25, 0.3) is 0 Å². The average Bonchev–Trinajstić information content (AvgIpc) is 2.19. The lowest BCUT2D eigenvalue weighted by molar-refractivity contribution is 0.322. The van der Waals surface area contributed by atoms with Crippen molar-refractivity contribution in [3.63, 3.8) is 0 Å². The molecule has 1 aromatic carbocycles. The summed E-state index contributed by atoms with van der Waals surface area (Å²) in [7, 11) is 0. The van der Waals surface area contributed by atoms with Gasteiger partial charge in [0, 0.05) is 10.6 Å². The number of benzene rings is 1. The van der Waals surface area contributed by atoms with Gasteiger partial charge in [-0.15, -0.1) is 11.8 Å². The Balaban J connectivity index is 0.000000561. The highest BCUT2D eigenvalue weighted by atomic mass is 32.2. The summed E-state index contributed by atoms with van der Waals surface area (Å²) < 4.78 is 0. The third-order valence-electron chi connectivity index (χ3n) is 1.10. The Kier molecular flexibility index (Phi) is 8.29. The first-order valence-electron chi connectivity index (χ1n) is 4.22. The van der Waals surface area contributed by atoms with Crippen LogP contribution in [-0.4, -0.2) is 17.5 Å². The zero-order chi connectivity index (χ0) is 9.23. The first-order valence-corrected chi connectivity index (χ1v) is 5.21. The largest absolute Gasteiger partial charge is 0.396 e. The molecule has 0 radical (unpaired) electrons. The van der Waals surface area contributed by atoms with Crippen molar-refractivity contribution in [2.24, 2.45) is 0 Å². The Hall–Kier alpha value is -0.470. The van der Waals surface area contributed by atoms with E-state index in [1.165, 1.54) is 4.90 Å². The molecule has 2 heteroatoms. The molecule has 0 saturated carbocycles. The first kappa shape index (κ1) is 11.5. The number of hydrogen-bond donors (Lipinski definition) is 1. The molecule has 0 fully saturated rings. The van der Waals surface area contributed by atoms with Gasteiger partial charge in [-0.2, -0.15) is 0 Å². The van der Waals surface area contributed by atoms with Crippen LogP contribution in [0.1, 0.15) is 13.8 Å². The highest BCUT2D eigenvalue weighted by molar-refractivity contribution is 7.99. The second kappa shape index (κ2) is 8.62. The quantitative estimate of drug-likeness (QED) is 0.729. The van der Waals surface area contributed by atoms with Crippen molar-refractivity contribution in [1.29, 1.82) is 0 Å². The predicted molar refractivity (Wildman–Crippen MR) is 55.6 cm³/mol. The van der Waals surface area contributed by atoms with E-state index in [-0.39, 0.29) is 6.61 Å². The minimum atomic E-state index is 0.250. The highest BCUT2D eigenvalue weighted by Gasteiger charge is 1.88. The van der Waals surface area contributed by atoms with Crippen LogP contribution in [-0.2, 0) is 0 Å². The molecule has 12 heavy (non-hydrogen) atoms. The molecular formula is C10H16OS. The summed E-state index contributed by atoms with van der Waals surface area (Å²) in [5, 5.41) is 8.51. The normalized spacial score (nSPS) is 8.58. The molecule has 0 aliphatic rings. The van der Waals surface area contributed by atoms with E-state index in [9.17, 15) is 0 Å². The summed E-state index contributed by atoms with van der Waals surface area (Å²) in [5.74, 6) is 0.782. The van der Waals surface area contributed by atoms with Crippen LogP contribution in [0.4, 0.5) is 0 Å². The molecule has 0 aliphatic heterocycles. The lowest BCUT2D eigenvalue weighted by atomic mass is 10.4. The van der Waals surface area contributed by atoms with Gasteiger partial charge in [0.05, 0.1) is 6.61 Å². The van der Waals surface area contributed by atoms with Gasteiger partial charge in [0.15, 0.2) is 0 Å². The molecule has 0 bridgehead atoms. The Bertz CT molecular complexity index is 174. The van der Waals surface area contributed by atoms with Crippen LogP contribution >= 0.6 is 11.8 Å². The van der Waals surface area contributed by atoms with E-state index in [0.717, 1.165) is 5.75 Å². The molecule has 1 aromatic rings. The van der Waals surface area contributed by atoms with Crippen LogP contribution in [0.3, 0.4) is 0 Å². The summed E-state index contributed by atoms with van der Waals surface area (Å²) in [6, 6.07) is 10.1. The van der Waals surface area contributed by atoms with Crippen molar-refractivity contribution >= 4 is 11.8 Å². The SMILES string of the molecule is CC.OCCSc1ccccc1. The van der Waals surface area contributed by atoms with Crippen molar-refractivity contribution in [2.75, 3.05) is 12.4 Å². The summed E-state index contributed by atoms with van der Waals surface area (Å²) in [6.45, 7) is 4.25. The molecule has 0 spiro atoms. The van der Waals surface area contributed by atoms with Crippen LogP contribution in [0.15, 0.2) is 35.2 Å². The smallest absolute Gasteiger partial charge is 0.0525 e. The van der Waals surface area contributed by atoms with E-state index >= 15 is 0 Å². The third-order valence-corrected chi connectivity index (χ3v) is 2.10. The van der Waals surface area contributed by atoms with Gasteiger partial charge in [-0.3, -0.25) is 0 Å². The molecule has 0 aliphatic carbocycles. The molecular weight excluding hydrogens is 168 g/mol. The average molecular weight is 184 g/mol. The Morgan fingerprint density at radius 2 is 1.75 bits per heavy atom. The highest BCUT2D eigenvalue weighted by Crippen LogP contribution is 2.15. The van der Waals surface area contributed by atoms with E-state index in [4.69, 9.17) is 5.11 Å². The minimum absolute atomic E-state index is 0.250. The van der Waals surface area contributed by atoms with Gasteiger partial charge in [-0.25, -0.2) is 0 Å². The maximum atomic E-state index is 8.51. The number of hydrogen-bond acceptors (Lipinski definition) is 2. The summed E-state index contributed by atoms with van der Waals surface area (Å²) in [5.41, 5.74) is 0. The van der Waals surface area contributed by atoms with Gasteiger partial charge >= 0.3 is 0 Å². The summed E-state index contributed by atoms with van der Waals surface area (Å²) in [6.07, 6.45) is 0. The molecule has 0 atom stereocenters. The van der Waals surface area contributed by atoms with Gasteiger partial charge < -0.3 is 5.11 Å². The first-order chi connectivity index (χ1) is 5.93. The van der Waals surface area contributed by atoms with Gasteiger partial charge in [0.2, 0.25) is 0 Å². The maximum absolute atomic E-state index is 8.51. The fourth-order valence-electron chi connectivity index (χ4n) is 0.680. The van der Waals surface area contributed by atoms with E-state index in [0.29, 0.717) is 0 Å². The standard InChI is InChI=1S/C8H10OS.C2H6/c9-6-7-10-8-4-2-1-3-5-8;1-2/h1-5,9H,6-7H2;1-2H3. The Morgan fingerprint density at radius 1 is 1.17 bits per heavy atom. The number of rotatable bonds is 3. The Morgan fingerprint density at radius 3 is 2.25 bits per heavy atom. The summed E-state index contributed by atoms with van der Waals surface area (Å²) >= 11 is 1.67. The monoisotopic (exact) mass is 184 g/mol. The molecule has 0 saturated heterocycles. The minimum Gasteiger partial charge on any atom is -0.396 e. The third kappa shape index (κ3) is 5.22. The maximum Gasteiger partial charge on any atom is 0.0525 e. The van der Waals surface area contributed by atoms with Crippen LogP contribution in [0.2, 0.25) is 0 Å². The van der Waals surface area contributed by atoms with E-state index in [2.05, 4.69) is 0 Å². The summed E-state index contributed by atoms with van der Waals surface area (Å²) in [4.78, 5) is 1.22. The van der Waals surface area contributed by atoms with Crippen molar-refractivity contribution in [1.82, 2.24) is 0 Å². The van der Waals surface area contributed by atoms with Crippen molar-refractivity contribution in [3.05, 3.63) is 30.3 Å². The molecule has 0 heterocycles. The van der Waals surface area contributed by atoms with Crippen molar-refractivity contribution in [3.8, 4) is 0 Å². The lowest BCUT2D eigenvalue weighted by Crippen LogP contribution is -1.84. The van der Waals surface area contributed by atoms with E-state index in [1.807, 2.05) is 44.2 Å². The zero-order valence-electron chi connectivity index (χ0n) is 7.66. The van der Waals surface area contributed by atoms with Gasteiger partial charge in [-0.1, -0.05) is 32.0 Å². The van der Waals surface area contributed by atoms with Gasteiger partial charge in [0.1, 0.15) is 0 Å². The van der Waals surface area contributed by atoms with Crippen molar-refractivity contribution in [2.45, 2.75) is 18.7 Å². The zero-order valence-corrected chi connectivity index (χ0v) is 8.47. The van der Waals surface area contributed by atoms with E-state index in [1.54, 1.807) is 11.8 Å². The second-order valence-electron chi connectivity index (χ2n) is 1.89. The molecule has 0 aromatic heterocycles. The Labute approximate surface area is 78.8 Å². The van der Waals surface area contributed by atoms with Crippen LogP contribution in [0.25, 0.3) is 0 Å². The molecule has 1 rings (SSSR count). The molecule has 68 valence electrons. The topological polar surface area (TPSA) is 20.2 Å². The van der Waals surface area contributed by atoms with Crippen LogP contribution in [0, 0.1) is 0 Å². The molecule has 0 unspecified atom stereocenters. The fourth-order valence-corrected chi connectivity index (χ4v) is 1.36. The van der Waals surface area contributed by atoms with Crippen LogP contribution < -0.4 is 0 Å². The predicted octanol–water partition coefficient (Wildman–Crippen LogP) is 2.80. The second-order valence-corrected chi connectivity index (χ2v) is 3.05. The molecule has 1 N–H and O–H groups in total. The van der Waals surface area contributed by atoms with E-state index < -0.39 is 0 Å². The van der Waals surface area contributed by atoms with Crippen LogP contribution in [0.5, 0.6) is 0 Å². The van der Waals surface area contributed by atoms with Crippen molar-refractivity contribution < 1.29 is 5.11 Å². The molecule has 0 amide bonds. The number of thioether (sulfide) groups is 1. The fraction of sp³-hybridized carbons (Fsp3) is 0.400. The lowest BCUT2D eigenvalue weighted by Gasteiger charge is -1.95. The number of aliphatic hydroxyl groups excluding tert-OH is 1. The van der Waals surface area contributed by atoms with Gasteiger partial charge in [-0.05, 0) is 12.1 Å².